The van der Waals surface area contributed by atoms with E-state index < -0.39 is 17.6 Å². The number of rotatable bonds is 4. The monoisotopic (exact) mass is 422 g/mol. The van der Waals surface area contributed by atoms with Gasteiger partial charge in [0.1, 0.15) is 17.1 Å². The third-order valence-corrected chi connectivity index (χ3v) is 4.38. The van der Waals surface area contributed by atoms with Crippen molar-refractivity contribution < 1.29 is 23.4 Å². The van der Waals surface area contributed by atoms with E-state index in [0.717, 1.165) is 6.07 Å². The molecular formula is C18H13BrF2N2O3. The molecule has 0 aliphatic heterocycles. The number of phenols is 1. The number of carbonyl (C=O) groups excluding carboxylic acids is 1. The summed E-state index contributed by atoms with van der Waals surface area (Å²) in [5.41, 5.74) is 0.229. The van der Waals surface area contributed by atoms with Crippen LogP contribution in [-0.4, -0.2) is 22.7 Å². The number of carbonyl (C=O) groups is 1. The molecule has 0 fully saturated rings. The highest BCUT2D eigenvalue weighted by molar-refractivity contribution is 9.10. The summed E-state index contributed by atoms with van der Waals surface area (Å²) in [7, 11) is 0. The molecule has 0 radical (unpaired) electrons. The Balaban J connectivity index is 2.30. The highest BCUT2D eigenvalue weighted by Gasteiger charge is 2.23. The number of halogens is 3. The van der Waals surface area contributed by atoms with Gasteiger partial charge in [-0.3, -0.25) is 4.98 Å². The molecule has 26 heavy (non-hydrogen) atoms. The Labute approximate surface area is 155 Å². The minimum Gasteiger partial charge on any atom is -0.506 e. The maximum absolute atomic E-state index is 14.8. The Hall–Kier alpha value is -2.74. The van der Waals surface area contributed by atoms with Crippen LogP contribution in [-0.2, 0) is 4.74 Å². The van der Waals surface area contributed by atoms with Gasteiger partial charge >= 0.3 is 5.97 Å². The summed E-state index contributed by atoms with van der Waals surface area (Å²) in [4.78, 5) is 16.2. The molecule has 134 valence electrons. The largest absolute Gasteiger partial charge is 0.506 e. The average molecular weight is 423 g/mol. The highest BCUT2D eigenvalue weighted by Crippen LogP contribution is 2.37. The predicted molar refractivity (Wildman–Crippen MR) is 96.7 cm³/mol. The number of ether oxygens (including phenoxy) is 1. The van der Waals surface area contributed by atoms with E-state index in [-0.39, 0.29) is 44.7 Å². The Morgan fingerprint density at radius 2 is 2.08 bits per heavy atom. The van der Waals surface area contributed by atoms with E-state index in [1.54, 1.807) is 25.1 Å². The first-order valence-electron chi connectivity index (χ1n) is 7.62. The van der Waals surface area contributed by atoms with Gasteiger partial charge in [0, 0.05) is 12.3 Å². The van der Waals surface area contributed by atoms with Gasteiger partial charge in [0.2, 0.25) is 0 Å². The maximum atomic E-state index is 14.8. The molecule has 2 N–H and O–H groups in total. The van der Waals surface area contributed by atoms with E-state index in [1.165, 1.54) is 12.3 Å². The molecule has 0 unspecified atom stereocenters. The fourth-order valence-corrected chi connectivity index (χ4v) is 2.78. The molecule has 5 nitrogen and oxygen atoms in total. The van der Waals surface area contributed by atoms with Gasteiger partial charge < -0.3 is 15.2 Å². The Bertz CT molecular complexity index is 1010. The minimum atomic E-state index is -0.920. The summed E-state index contributed by atoms with van der Waals surface area (Å²) < 4.78 is 33.2. The van der Waals surface area contributed by atoms with Gasteiger partial charge in [-0.25, -0.2) is 13.6 Å². The lowest BCUT2D eigenvalue weighted by atomic mass is 10.1. The number of nitrogens with zero attached hydrogens (tertiary/aromatic N) is 1. The maximum Gasteiger partial charge on any atom is 0.341 e. The molecule has 0 aliphatic rings. The molecule has 0 saturated carbocycles. The number of fused-ring (bicyclic) bond motifs is 1. The molecule has 0 amide bonds. The molecule has 0 aliphatic carbocycles. The van der Waals surface area contributed by atoms with Crippen molar-refractivity contribution in [3.63, 3.8) is 0 Å². The lowest BCUT2D eigenvalue weighted by Gasteiger charge is -2.16. The van der Waals surface area contributed by atoms with Gasteiger partial charge in [-0.1, -0.05) is 12.1 Å². The molecule has 0 bridgehead atoms. The number of hydrogen-bond acceptors (Lipinski definition) is 5. The first-order valence-corrected chi connectivity index (χ1v) is 8.41. The van der Waals surface area contributed by atoms with Gasteiger partial charge in [0.15, 0.2) is 5.82 Å². The highest BCUT2D eigenvalue weighted by atomic mass is 79.9. The molecule has 2 aromatic carbocycles. The fraction of sp³-hybridized carbons (Fsp3) is 0.111. The van der Waals surface area contributed by atoms with Crippen LogP contribution in [0, 0.1) is 11.6 Å². The number of nitrogens with one attached hydrogen (secondary N) is 1. The molecular weight excluding hydrogens is 410 g/mol. The predicted octanol–water partition coefficient (Wildman–Crippen LogP) is 4.90. The third kappa shape index (κ3) is 3.20. The van der Waals surface area contributed by atoms with Crippen molar-refractivity contribution in [1.29, 1.82) is 0 Å². The SMILES string of the molecule is CCOC(=O)c1cnc2cc(F)c(Br)c(F)c2c1Nc1ccccc1O. The molecule has 1 heterocycles. The van der Waals surface area contributed by atoms with E-state index in [0.29, 0.717) is 0 Å². The second-order valence-corrected chi connectivity index (χ2v) is 6.08. The van der Waals surface area contributed by atoms with Gasteiger partial charge in [0.05, 0.1) is 33.4 Å². The number of aromatic nitrogens is 1. The van der Waals surface area contributed by atoms with Crippen molar-refractivity contribution in [2.24, 2.45) is 0 Å². The number of benzene rings is 2. The molecule has 3 aromatic rings. The van der Waals surface area contributed by atoms with Gasteiger partial charge in [0.25, 0.3) is 0 Å². The summed E-state index contributed by atoms with van der Waals surface area (Å²) in [5.74, 6) is -2.56. The molecule has 8 heteroatoms. The minimum absolute atomic E-state index is 0.00849. The van der Waals surface area contributed by atoms with E-state index in [9.17, 15) is 18.7 Å². The normalized spacial score (nSPS) is 10.8. The second-order valence-electron chi connectivity index (χ2n) is 5.29. The molecule has 3 rings (SSSR count). The smallest absolute Gasteiger partial charge is 0.341 e. The van der Waals surface area contributed by atoms with Crippen LogP contribution in [0.15, 0.2) is 41.0 Å². The van der Waals surface area contributed by atoms with Crippen LogP contribution < -0.4 is 5.32 Å². The fourth-order valence-electron chi connectivity index (χ4n) is 2.46. The number of pyridine rings is 1. The lowest BCUT2D eigenvalue weighted by Crippen LogP contribution is -2.10. The van der Waals surface area contributed by atoms with Crippen molar-refractivity contribution in [2.45, 2.75) is 6.92 Å². The van der Waals surface area contributed by atoms with E-state index >= 15 is 0 Å². The quantitative estimate of drug-likeness (QED) is 0.355. The summed E-state index contributed by atoms with van der Waals surface area (Å²) in [6, 6.07) is 7.30. The number of esters is 1. The number of phenolic OH excluding ortho intramolecular Hbond substituents is 1. The Morgan fingerprint density at radius 1 is 1.35 bits per heavy atom. The zero-order valence-corrected chi connectivity index (χ0v) is 15.1. The van der Waals surface area contributed by atoms with Crippen LogP contribution in [0.4, 0.5) is 20.2 Å². The first kappa shape index (κ1) is 18.1. The molecule has 0 saturated heterocycles. The lowest BCUT2D eigenvalue weighted by molar-refractivity contribution is 0.0527. The standard InChI is InChI=1S/C18H13BrF2N2O3/c1-2-26-18(25)9-8-22-12-7-10(20)15(19)16(21)14(12)17(9)23-11-5-3-4-6-13(11)24/h3-8,24H,2H2,1H3,(H,22,23). The van der Waals surface area contributed by atoms with Crippen molar-refractivity contribution in [2.75, 3.05) is 11.9 Å². The van der Waals surface area contributed by atoms with Crippen LogP contribution >= 0.6 is 15.9 Å². The van der Waals surface area contributed by atoms with Crippen LogP contribution in [0.3, 0.4) is 0 Å². The van der Waals surface area contributed by atoms with Crippen molar-refractivity contribution >= 4 is 44.2 Å². The van der Waals surface area contributed by atoms with Crippen LogP contribution in [0.5, 0.6) is 5.75 Å². The zero-order valence-electron chi connectivity index (χ0n) is 13.5. The van der Waals surface area contributed by atoms with Gasteiger partial charge in [-0.2, -0.15) is 0 Å². The molecule has 0 spiro atoms. The second kappa shape index (κ2) is 7.25. The topological polar surface area (TPSA) is 71.5 Å². The number of para-hydroxylation sites is 2. The first-order chi connectivity index (χ1) is 12.4. The van der Waals surface area contributed by atoms with E-state index in [1.807, 2.05) is 0 Å². The van der Waals surface area contributed by atoms with Crippen molar-refractivity contribution in [1.82, 2.24) is 4.98 Å². The number of anilines is 2. The zero-order chi connectivity index (χ0) is 18.8. The van der Waals surface area contributed by atoms with Crippen molar-refractivity contribution in [3.05, 3.63) is 58.2 Å². The number of hydrogen-bond donors (Lipinski definition) is 2. The summed E-state index contributed by atoms with van der Waals surface area (Å²) in [5, 5.41) is 12.7. The van der Waals surface area contributed by atoms with Crippen LogP contribution in [0.1, 0.15) is 17.3 Å². The van der Waals surface area contributed by atoms with Crippen molar-refractivity contribution in [3.8, 4) is 5.75 Å². The average Bonchev–Trinajstić information content (AvgIpc) is 2.61. The third-order valence-electron chi connectivity index (χ3n) is 3.65. The Morgan fingerprint density at radius 3 is 2.77 bits per heavy atom. The summed E-state index contributed by atoms with van der Waals surface area (Å²) >= 11 is 2.86. The molecule has 0 atom stereocenters. The van der Waals surface area contributed by atoms with Crippen LogP contribution in [0.2, 0.25) is 0 Å². The van der Waals surface area contributed by atoms with Gasteiger partial charge in [-0.15, -0.1) is 0 Å². The number of aromatic hydroxyl groups is 1. The molecule has 1 aromatic heterocycles. The van der Waals surface area contributed by atoms with Gasteiger partial charge in [-0.05, 0) is 35.0 Å². The summed E-state index contributed by atoms with van der Waals surface area (Å²) in [6.07, 6.45) is 1.18. The summed E-state index contributed by atoms with van der Waals surface area (Å²) in [6.45, 7) is 1.75. The van der Waals surface area contributed by atoms with Crippen LogP contribution in [0.25, 0.3) is 10.9 Å². The Kier molecular flexibility index (Phi) is 5.03. The van der Waals surface area contributed by atoms with E-state index in [4.69, 9.17) is 4.74 Å². The van der Waals surface area contributed by atoms with E-state index in [2.05, 4.69) is 26.2 Å².